The second-order valence-corrected chi connectivity index (χ2v) is 4.73. The van der Waals surface area contributed by atoms with Crippen LogP contribution in [0.2, 0.25) is 0 Å². The summed E-state index contributed by atoms with van der Waals surface area (Å²) in [5.41, 5.74) is 2.49. The fraction of sp³-hybridized carbons (Fsp3) is 0.176. The zero-order valence-electron chi connectivity index (χ0n) is 11.7. The number of hydrogen-bond donors (Lipinski definition) is 0. The summed E-state index contributed by atoms with van der Waals surface area (Å²) in [7, 11) is 1.37. The predicted octanol–water partition coefficient (Wildman–Crippen LogP) is 2.99. The van der Waals surface area contributed by atoms with Crippen LogP contribution in [-0.2, 0) is 9.47 Å². The molecule has 0 amide bonds. The van der Waals surface area contributed by atoms with Crippen molar-refractivity contribution in [3.05, 3.63) is 71.3 Å². The molecule has 1 aliphatic rings. The summed E-state index contributed by atoms with van der Waals surface area (Å²) < 4.78 is 10.6. The van der Waals surface area contributed by atoms with E-state index in [0.29, 0.717) is 18.0 Å². The molecule has 0 fully saturated rings. The van der Waals surface area contributed by atoms with Gasteiger partial charge in [-0.1, -0.05) is 30.3 Å². The minimum absolute atomic E-state index is 0.0403. The van der Waals surface area contributed by atoms with Gasteiger partial charge < -0.3 is 9.47 Å². The summed E-state index contributed by atoms with van der Waals surface area (Å²) in [5, 5.41) is 0. The molecule has 0 saturated carbocycles. The van der Waals surface area contributed by atoms with Gasteiger partial charge in [-0.15, -0.1) is 0 Å². The van der Waals surface area contributed by atoms with Gasteiger partial charge in [0.1, 0.15) is 6.10 Å². The van der Waals surface area contributed by atoms with Crippen molar-refractivity contribution in [2.45, 2.75) is 6.10 Å². The Labute approximate surface area is 123 Å². The van der Waals surface area contributed by atoms with Gasteiger partial charge in [0, 0.05) is 5.56 Å². The van der Waals surface area contributed by atoms with E-state index in [1.807, 2.05) is 42.5 Å². The van der Waals surface area contributed by atoms with E-state index in [1.165, 1.54) is 7.11 Å². The van der Waals surface area contributed by atoms with Crippen LogP contribution in [-0.4, -0.2) is 25.5 Å². The molecule has 21 heavy (non-hydrogen) atoms. The van der Waals surface area contributed by atoms with Gasteiger partial charge in [0.25, 0.3) is 0 Å². The molecule has 0 spiro atoms. The van der Waals surface area contributed by atoms with Crippen LogP contribution >= 0.6 is 0 Å². The third kappa shape index (κ3) is 2.79. The molecule has 4 nitrogen and oxygen atoms in total. The average molecular weight is 281 g/mol. The molecule has 0 N–H and O–H groups in total. The maximum absolute atomic E-state index is 11.4. The average Bonchev–Trinajstić information content (AvgIpc) is 3.05. The van der Waals surface area contributed by atoms with Crippen molar-refractivity contribution in [1.82, 2.24) is 0 Å². The number of rotatable bonds is 3. The Hall–Kier alpha value is -2.62. The lowest BCUT2D eigenvalue weighted by Crippen LogP contribution is -2.07. The maximum Gasteiger partial charge on any atom is 0.337 e. The number of nitrogens with zero attached hydrogens (tertiary/aromatic N) is 1. The maximum atomic E-state index is 11.4. The Kier molecular flexibility index (Phi) is 3.69. The van der Waals surface area contributed by atoms with Crippen LogP contribution in [0.15, 0.2) is 59.6 Å². The molecule has 1 unspecified atom stereocenters. The van der Waals surface area contributed by atoms with Crippen LogP contribution in [0, 0.1) is 0 Å². The number of benzene rings is 2. The first-order valence-corrected chi connectivity index (χ1v) is 6.73. The van der Waals surface area contributed by atoms with Gasteiger partial charge in [-0.2, -0.15) is 0 Å². The molecule has 1 aliphatic heterocycles. The summed E-state index contributed by atoms with van der Waals surface area (Å²) in [4.78, 5) is 15.8. The van der Waals surface area contributed by atoms with Crippen molar-refractivity contribution >= 4 is 11.9 Å². The number of aliphatic imine (C=N–C) groups is 1. The van der Waals surface area contributed by atoms with Crippen LogP contribution in [0.4, 0.5) is 0 Å². The van der Waals surface area contributed by atoms with Gasteiger partial charge in [0.05, 0.1) is 19.2 Å². The fourth-order valence-corrected chi connectivity index (χ4v) is 2.24. The molecule has 0 saturated heterocycles. The number of methoxy groups -OCH3 is 1. The van der Waals surface area contributed by atoms with Crippen LogP contribution < -0.4 is 0 Å². The van der Waals surface area contributed by atoms with Crippen molar-refractivity contribution in [2.24, 2.45) is 4.99 Å². The third-order valence-corrected chi connectivity index (χ3v) is 3.38. The number of carbonyl (C=O) groups excluding carboxylic acids is 1. The lowest BCUT2D eigenvalue weighted by atomic mass is 10.1. The number of carbonyl (C=O) groups is 1. The minimum atomic E-state index is -0.349. The second kappa shape index (κ2) is 5.79. The lowest BCUT2D eigenvalue weighted by Gasteiger charge is -2.11. The summed E-state index contributed by atoms with van der Waals surface area (Å²) in [5.74, 6) is 0.262. The Morgan fingerprint density at radius 2 is 1.86 bits per heavy atom. The quantitative estimate of drug-likeness (QED) is 0.813. The Morgan fingerprint density at radius 1 is 1.14 bits per heavy atom. The highest BCUT2D eigenvalue weighted by atomic mass is 16.5. The highest BCUT2D eigenvalue weighted by molar-refractivity contribution is 5.97. The van der Waals surface area contributed by atoms with Crippen LogP contribution in [0.3, 0.4) is 0 Å². The molecular weight excluding hydrogens is 266 g/mol. The Balaban J connectivity index is 1.73. The van der Waals surface area contributed by atoms with Crippen LogP contribution in [0.1, 0.15) is 27.6 Å². The fourth-order valence-electron chi connectivity index (χ4n) is 2.24. The van der Waals surface area contributed by atoms with Gasteiger partial charge in [-0.25, -0.2) is 9.79 Å². The van der Waals surface area contributed by atoms with Gasteiger partial charge in [0.15, 0.2) is 0 Å². The van der Waals surface area contributed by atoms with E-state index in [0.717, 1.165) is 11.1 Å². The number of ether oxygens (including phenoxy) is 2. The molecule has 106 valence electrons. The van der Waals surface area contributed by atoms with E-state index in [1.54, 1.807) is 12.1 Å². The van der Waals surface area contributed by atoms with Crippen molar-refractivity contribution in [3.63, 3.8) is 0 Å². The van der Waals surface area contributed by atoms with E-state index in [-0.39, 0.29) is 12.1 Å². The molecule has 3 rings (SSSR count). The van der Waals surface area contributed by atoms with Crippen molar-refractivity contribution in [2.75, 3.05) is 13.7 Å². The van der Waals surface area contributed by atoms with E-state index >= 15 is 0 Å². The third-order valence-electron chi connectivity index (χ3n) is 3.38. The molecule has 0 radical (unpaired) electrons. The smallest absolute Gasteiger partial charge is 0.337 e. The zero-order valence-corrected chi connectivity index (χ0v) is 11.7. The molecule has 0 bridgehead atoms. The lowest BCUT2D eigenvalue weighted by molar-refractivity contribution is 0.0600. The second-order valence-electron chi connectivity index (χ2n) is 4.73. The largest absolute Gasteiger partial charge is 0.467 e. The van der Waals surface area contributed by atoms with Crippen LogP contribution in [0.5, 0.6) is 0 Å². The van der Waals surface area contributed by atoms with Gasteiger partial charge in [0.2, 0.25) is 5.90 Å². The summed E-state index contributed by atoms with van der Waals surface area (Å²) >= 11 is 0. The number of esters is 1. The highest BCUT2D eigenvalue weighted by Crippen LogP contribution is 2.25. The van der Waals surface area contributed by atoms with Gasteiger partial charge in [-0.3, -0.25) is 0 Å². The summed E-state index contributed by atoms with van der Waals surface area (Å²) in [6.45, 7) is 0.609. The highest BCUT2D eigenvalue weighted by Gasteiger charge is 2.22. The zero-order chi connectivity index (χ0) is 14.7. The first-order chi connectivity index (χ1) is 10.3. The molecule has 2 aromatic rings. The summed E-state index contributed by atoms with van der Waals surface area (Å²) in [6, 6.07) is 17.1. The van der Waals surface area contributed by atoms with Crippen molar-refractivity contribution < 1.29 is 14.3 Å². The SMILES string of the molecule is COC(=O)c1ccc(C2=NCC(c3ccccc3)O2)cc1. The molecule has 1 atom stereocenters. The standard InChI is InChI=1S/C17H15NO3/c1-20-17(19)14-9-7-13(8-10-14)16-18-11-15(21-16)12-5-3-2-4-6-12/h2-10,15H,11H2,1H3. The van der Waals surface area contributed by atoms with Gasteiger partial charge >= 0.3 is 5.97 Å². The molecule has 0 aliphatic carbocycles. The van der Waals surface area contributed by atoms with E-state index < -0.39 is 0 Å². The molecule has 1 heterocycles. The first-order valence-electron chi connectivity index (χ1n) is 6.73. The Bertz CT molecular complexity index is 662. The van der Waals surface area contributed by atoms with Crippen molar-refractivity contribution in [3.8, 4) is 0 Å². The number of hydrogen-bond acceptors (Lipinski definition) is 4. The Morgan fingerprint density at radius 3 is 2.52 bits per heavy atom. The molecule has 2 aromatic carbocycles. The molecule has 4 heteroatoms. The van der Waals surface area contributed by atoms with E-state index in [2.05, 4.69) is 9.73 Å². The topological polar surface area (TPSA) is 47.9 Å². The monoisotopic (exact) mass is 281 g/mol. The predicted molar refractivity (Wildman–Crippen MR) is 79.5 cm³/mol. The summed E-state index contributed by atoms with van der Waals surface area (Å²) in [6.07, 6.45) is -0.0403. The normalized spacial score (nSPS) is 17.0. The van der Waals surface area contributed by atoms with Crippen molar-refractivity contribution in [1.29, 1.82) is 0 Å². The minimum Gasteiger partial charge on any atom is -0.467 e. The first kappa shape index (κ1) is 13.4. The molecule has 0 aromatic heterocycles. The van der Waals surface area contributed by atoms with E-state index in [4.69, 9.17) is 4.74 Å². The van der Waals surface area contributed by atoms with Gasteiger partial charge in [-0.05, 0) is 29.8 Å². The van der Waals surface area contributed by atoms with Crippen LogP contribution in [0.25, 0.3) is 0 Å². The van der Waals surface area contributed by atoms with E-state index in [9.17, 15) is 4.79 Å². The molecular formula is C17H15NO3.